The molecule has 1 atom stereocenters. The van der Waals surface area contributed by atoms with E-state index in [1.165, 1.54) is 0 Å². The lowest BCUT2D eigenvalue weighted by molar-refractivity contribution is -0.192. The Balaban J connectivity index is 0.000000426. The maximum Gasteiger partial charge on any atom is 0.490 e. The van der Waals surface area contributed by atoms with Gasteiger partial charge in [-0.25, -0.2) is 9.78 Å². The number of benzene rings is 2. The number of fused-ring (bicyclic) bond motifs is 3. The van der Waals surface area contributed by atoms with Crippen LogP contribution in [0.5, 0.6) is 17.2 Å². The number of rotatable bonds is 5. The minimum absolute atomic E-state index is 0.0723. The van der Waals surface area contributed by atoms with E-state index in [4.69, 9.17) is 24.4 Å². The maximum atomic E-state index is 11.6. The van der Waals surface area contributed by atoms with Crippen LogP contribution in [0.4, 0.5) is 13.2 Å². The molecule has 4 N–H and O–H groups in total. The quantitative estimate of drug-likeness (QED) is 0.302. The molecule has 0 radical (unpaired) electrons. The smallest absolute Gasteiger partial charge is 0.490 e. The molecule has 1 aliphatic rings. The summed E-state index contributed by atoms with van der Waals surface area (Å²) in [6.07, 6.45) is -3.09. The fourth-order valence-corrected chi connectivity index (χ4v) is 4.24. The Morgan fingerprint density at radius 2 is 1.71 bits per heavy atom. The molecule has 0 aliphatic carbocycles. The average molecular weight is 532 g/mol. The van der Waals surface area contributed by atoms with Crippen molar-refractivity contribution in [3.63, 3.8) is 0 Å². The first-order chi connectivity index (χ1) is 18.0. The first-order valence-electron chi connectivity index (χ1n) is 11.3. The fraction of sp³-hybridized carbons (Fsp3) is 0.280. The lowest BCUT2D eigenvalue weighted by Gasteiger charge is -2.14. The van der Waals surface area contributed by atoms with Gasteiger partial charge >= 0.3 is 12.1 Å². The highest BCUT2D eigenvalue weighted by Gasteiger charge is 2.38. The molecule has 0 saturated carbocycles. The second kappa shape index (κ2) is 10.4. The fourth-order valence-electron chi connectivity index (χ4n) is 4.24. The van der Waals surface area contributed by atoms with Gasteiger partial charge in [-0.15, -0.1) is 0 Å². The second-order valence-corrected chi connectivity index (χ2v) is 8.47. The number of halogens is 3. The molecule has 13 heteroatoms. The van der Waals surface area contributed by atoms with E-state index in [0.717, 1.165) is 39.5 Å². The van der Waals surface area contributed by atoms with Crippen molar-refractivity contribution in [1.82, 2.24) is 20.5 Å². The van der Waals surface area contributed by atoms with Crippen LogP contribution < -0.4 is 14.8 Å². The number of pyridine rings is 1. The van der Waals surface area contributed by atoms with E-state index >= 15 is 0 Å². The van der Waals surface area contributed by atoms with Gasteiger partial charge in [0.25, 0.3) is 0 Å². The van der Waals surface area contributed by atoms with Crippen molar-refractivity contribution >= 4 is 33.7 Å². The molecule has 2 aromatic heterocycles. The van der Waals surface area contributed by atoms with Gasteiger partial charge in [0.05, 0.1) is 19.9 Å². The third kappa shape index (κ3) is 5.41. The minimum Gasteiger partial charge on any atom is -0.508 e. The van der Waals surface area contributed by atoms with Crippen LogP contribution in [-0.4, -0.2) is 63.7 Å². The van der Waals surface area contributed by atoms with Gasteiger partial charge in [-0.1, -0.05) is 0 Å². The van der Waals surface area contributed by atoms with Gasteiger partial charge in [0, 0.05) is 46.3 Å². The number of nitrogens with zero attached hydrogens (tertiary/aromatic N) is 2. The van der Waals surface area contributed by atoms with Gasteiger partial charge in [-0.3, -0.25) is 9.89 Å². The van der Waals surface area contributed by atoms with Gasteiger partial charge in [0.15, 0.2) is 17.1 Å². The molecule has 10 nitrogen and oxygen atoms in total. The number of phenols is 1. The van der Waals surface area contributed by atoms with E-state index in [2.05, 4.69) is 15.5 Å². The zero-order valence-electron chi connectivity index (χ0n) is 20.2. The molecule has 200 valence electrons. The molecule has 1 fully saturated rings. The number of H-pyrrole nitrogens is 1. The number of methoxy groups -OCH3 is 2. The van der Waals surface area contributed by atoms with Crippen molar-refractivity contribution in [3.05, 3.63) is 42.1 Å². The van der Waals surface area contributed by atoms with Crippen LogP contribution in [0, 0.1) is 0 Å². The number of aromatic hydroxyl groups is 1. The summed E-state index contributed by atoms with van der Waals surface area (Å²) in [7, 11) is 3.20. The number of aromatic amines is 1. The Bertz CT molecular complexity index is 1500. The lowest BCUT2D eigenvalue weighted by Crippen LogP contribution is -2.27. The Morgan fingerprint density at radius 1 is 1.11 bits per heavy atom. The molecule has 1 saturated heterocycles. The predicted molar refractivity (Wildman–Crippen MR) is 130 cm³/mol. The van der Waals surface area contributed by atoms with E-state index in [1.807, 2.05) is 24.3 Å². The normalized spacial score (nSPS) is 15.2. The van der Waals surface area contributed by atoms with Crippen LogP contribution in [-0.2, 0) is 16.0 Å². The number of amides is 1. The Morgan fingerprint density at radius 3 is 2.24 bits per heavy atom. The molecule has 1 aliphatic heterocycles. The van der Waals surface area contributed by atoms with Gasteiger partial charge in [0.2, 0.25) is 5.91 Å². The number of carboxylic acid groups (broad SMARTS) is 1. The Kier molecular flexibility index (Phi) is 7.28. The molecule has 5 rings (SSSR count). The third-order valence-electron chi connectivity index (χ3n) is 6.01. The van der Waals surface area contributed by atoms with Gasteiger partial charge in [0.1, 0.15) is 5.75 Å². The van der Waals surface area contributed by atoms with Gasteiger partial charge in [-0.2, -0.15) is 18.3 Å². The van der Waals surface area contributed by atoms with Crippen LogP contribution in [0.25, 0.3) is 33.1 Å². The van der Waals surface area contributed by atoms with Crippen molar-refractivity contribution in [3.8, 4) is 28.5 Å². The number of nitrogens with one attached hydrogen (secondary N) is 2. The Labute approximate surface area is 213 Å². The number of carboxylic acids is 1. The molecule has 1 unspecified atom stereocenters. The number of aromatic nitrogens is 3. The van der Waals surface area contributed by atoms with Crippen LogP contribution in [0.3, 0.4) is 0 Å². The highest BCUT2D eigenvalue weighted by molar-refractivity contribution is 6.12. The van der Waals surface area contributed by atoms with E-state index in [1.54, 1.807) is 26.4 Å². The standard InChI is InChI=1S/C23H22N4O4.C2HF3O2/c1-30-18-10-15-16(11-19(18)31-2)22(12-3-6-14(28)7-4-12)25-23-21(15)17(26-27-23)9-13-5-8-20(29)24-13;3-2(4,5)1(6)7/h3-4,6-7,10-11,13,28H,5,8-9H2,1-2H3,(H,24,29)(H,25,26,27);(H,6,7). The summed E-state index contributed by atoms with van der Waals surface area (Å²) < 4.78 is 42.8. The van der Waals surface area contributed by atoms with E-state index in [-0.39, 0.29) is 17.7 Å². The summed E-state index contributed by atoms with van der Waals surface area (Å²) in [6, 6.07) is 10.8. The topological polar surface area (TPSA) is 147 Å². The molecule has 4 aromatic rings. The molecule has 1 amide bonds. The van der Waals surface area contributed by atoms with Crippen LogP contribution >= 0.6 is 0 Å². The number of hydrogen-bond acceptors (Lipinski definition) is 7. The molecular formula is C25H23F3N4O6. The molecule has 38 heavy (non-hydrogen) atoms. The van der Waals surface area contributed by atoms with Gasteiger partial charge in [-0.05, 0) is 42.8 Å². The van der Waals surface area contributed by atoms with Crippen molar-refractivity contribution in [2.45, 2.75) is 31.5 Å². The van der Waals surface area contributed by atoms with Crippen LogP contribution in [0.2, 0.25) is 0 Å². The average Bonchev–Trinajstić information content (AvgIpc) is 3.48. The van der Waals surface area contributed by atoms with Gasteiger partial charge < -0.3 is 25.0 Å². The summed E-state index contributed by atoms with van der Waals surface area (Å²) >= 11 is 0. The number of ether oxygens (including phenoxy) is 2. The predicted octanol–water partition coefficient (Wildman–Crippen LogP) is 3.96. The third-order valence-corrected chi connectivity index (χ3v) is 6.01. The summed E-state index contributed by atoms with van der Waals surface area (Å²) in [5, 5.41) is 30.1. The zero-order valence-corrected chi connectivity index (χ0v) is 20.2. The summed E-state index contributed by atoms with van der Waals surface area (Å²) in [5.41, 5.74) is 3.09. The van der Waals surface area contributed by atoms with E-state index < -0.39 is 12.1 Å². The van der Waals surface area contributed by atoms with Crippen LogP contribution in [0.1, 0.15) is 18.5 Å². The first kappa shape index (κ1) is 26.5. The number of aliphatic carboxylic acids is 1. The zero-order chi connectivity index (χ0) is 27.6. The monoisotopic (exact) mass is 532 g/mol. The molecule has 2 aromatic carbocycles. The highest BCUT2D eigenvalue weighted by atomic mass is 19.4. The van der Waals surface area contributed by atoms with E-state index in [9.17, 15) is 23.1 Å². The number of phenolic OH excluding ortho intramolecular Hbond substituents is 1. The molecular weight excluding hydrogens is 509 g/mol. The summed E-state index contributed by atoms with van der Waals surface area (Å²) in [6.45, 7) is 0. The maximum absolute atomic E-state index is 11.6. The number of carbonyl (C=O) groups excluding carboxylic acids is 1. The first-order valence-corrected chi connectivity index (χ1v) is 11.3. The van der Waals surface area contributed by atoms with Crippen molar-refractivity contribution in [2.24, 2.45) is 0 Å². The van der Waals surface area contributed by atoms with Crippen molar-refractivity contribution in [2.75, 3.05) is 14.2 Å². The lowest BCUT2D eigenvalue weighted by atomic mass is 9.98. The SMILES string of the molecule is COc1cc2c(-c3ccc(O)cc3)nc3n[nH]c(CC4CCC(=O)N4)c3c2cc1OC.O=C(O)C(F)(F)F. The number of hydrogen-bond donors (Lipinski definition) is 4. The van der Waals surface area contributed by atoms with E-state index in [0.29, 0.717) is 30.0 Å². The molecule has 0 spiro atoms. The summed E-state index contributed by atoms with van der Waals surface area (Å²) in [5.74, 6) is -1.27. The largest absolute Gasteiger partial charge is 0.508 e. The molecule has 3 heterocycles. The van der Waals surface area contributed by atoms with Crippen molar-refractivity contribution < 1.29 is 42.4 Å². The minimum atomic E-state index is -5.08. The Hall–Kier alpha value is -4.55. The van der Waals surface area contributed by atoms with Crippen LogP contribution in [0.15, 0.2) is 36.4 Å². The number of carbonyl (C=O) groups is 2. The number of alkyl halides is 3. The van der Waals surface area contributed by atoms with Crippen molar-refractivity contribution in [1.29, 1.82) is 0 Å². The second-order valence-electron chi connectivity index (χ2n) is 8.47. The summed E-state index contributed by atoms with van der Waals surface area (Å²) in [4.78, 5) is 25.4. The highest BCUT2D eigenvalue weighted by Crippen LogP contribution is 2.40. The molecule has 0 bridgehead atoms.